The van der Waals surface area contributed by atoms with Crippen molar-refractivity contribution >= 4 is 45.1 Å². The van der Waals surface area contributed by atoms with E-state index in [0.29, 0.717) is 10.2 Å². The Labute approximate surface area is 104 Å². The molecule has 0 unspecified atom stereocenters. The third kappa shape index (κ3) is 4.00. The number of aromatic nitrogens is 1. The second-order valence-electron chi connectivity index (χ2n) is 2.66. The molecule has 0 bridgehead atoms. The van der Waals surface area contributed by atoms with E-state index in [4.69, 9.17) is 16.7 Å². The summed E-state index contributed by atoms with van der Waals surface area (Å²) >= 11 is 8.80. The maximum Gasteiger partial charge on any atom is 0.328 e. The van der Waals surface area contributed by atoms with Crippen LogP contribution in [0.1, 0.15) is 0 Å². The lowest BCUT2D eigenvalue weighted by atomic mass is 10.4. The fraction of sp³-hybridized carbons (Fsp3) is 0. The summed E-state index contributed by atoms with van der Waals surface area (Å²) in [6.45, 7) is 0. The smallest absolute Gasteiger partial charge is 0.328 e. The Morgan fingerprint density at radius 3 is 2.75 bits per heavy atom. The number of rotatable bonds is 3. The first-order chi connectivity index (χ1) is 7.49. The molecule has 0 aromatic carbocycles. The van der Waals surface area contributed by atoms with Gasteiger partial charge >= 0.3 is 5.97 Å². The van der Waals surface area contributed by atoms with E-state index in [2.05, 4.69) is 26.2 Å². The minimum atomic E-state index is -1.19. The number of carboxylic acids is 1. The number of amides is 1. The molecule has 0 spiro atoms. The third-order valence-corrected chi connectivity index (χ3v) is 2.58. The Morgan fingerprint density at radius 2 is 2.19 bits per heavy atom. The Hall–Kier alpha value is -1.40. The summed E-state index contributed by atoms with van der Waals surface area (Å²) in [6, 6.07) is 1.56. The van der Waals surface area contributed by atoms with E-state index in [0.717, 1.165) is 12.2 Å². The highest BCUT2D eigenvalue weighted by Gasteiger charge is 2.02. The monoisotopic (exact) mass is 304 g/mol. The molecule has 0 fully saturated rings. The van der Waals surface area contributed by atoms with Crippen LogP contribution in [-0.4, -0.2) is 22.0 Å². The molecule has 5 nitrogen and oxygen atoms in total. The Bertz CT molecular complexity index is 462. The van der Waals surface area contributed by atoms with Gasteiger partial charge in [0.05, 0.1) is 16.4 Å². The standard InChI is InChI=1S/C9H6BrClN2O3/c10-6-3-5(4-12-9(6)11)13-7(14)1-2-8(15)16/h1-4H,(H,13,14)(H,15,16)/b2-1+. The summed E-state index contributed by atoms with van der Waals surface area (Å²) in [4.78, 5) is 25.1. The quantitative estimate of drug-likeness (QED) is 0.662. The van der Waals surface area contributed by atoms with Gasteiger partial charge in [-0.2, -0.15) is 0 Å². The zero-order valence-electron chi connectivity index (χ0n) is 7.78. The number of nitrogens with one attached hydrogen (secondary N) is 1. The van der Waals surface area contributed by atoms with Crippen molar-refractivity contribution in [2.75, 3.05) is 5.32 Å². The molecule has 0 radical (unpaired) electrons. The molecule has 84 valence electrons. The van der Waals surface area contributed by atoms with Crippen LogP contribution in [0.2, 0.25) is 5.15 Å². The molecule has 0 aliphatic carbocycles. The summed E-state index contributed by atoms with van der Waals surface area (Å²) in [5, 5.41) is 11.0. The van der Waals surface area contributed by atoms with Gasteiger partial charge in [-0.15, -0.1) is 0 Å². The molecule has 0 aliphatic rings. The maximum absolute atomic E-state index is 11.2. The van der Waals surface area contributed by atoms with Crippen molar-refractivity contribution in [1.82, 2.24) is 4.98 Å². The average molecular weight is 306 g/mol. The highest BCUT2D eigenvalue weighted by Crippen LogP contribution is 2.22. The maximum atomic E-state index is 11.2. The predicted molar refractivity (Wildman–Crippen MR) is 62.4 cm³/mol. The van der Waals surface area contributed by atoms with Crippen LogP contribution in [0, 0.1) is 0 Å². The Kier molecular flexibility index (Phi) is 4.45. The number of halogens is 2. The Morgan fingerprint density at radius 1 is 1.50 bits per heavy atom. The first-order valence-electron chi connectivity index (χ1n) is 4.02. The molecule has 0 saturated heterocycles. The van der Waals surface area contributed by atoms with Crippen molar-refractivity contribution < 1.29 is 14.7 Å². The minimum Gasteiger partial charge on any atom is -0.478 e. The van der Waals surface area contributed by atoms with Crippen LogP contribution in [0.3, 0.4) is 0 Å². The van der Waals surface area contributed by atoms with E-state index >= 15 is 0 Å². The molecule has 16 heavy (non-hydrogen) atoms. The van der Waals surface area contributed by atoms with Crippen molar-refractivity contribution in [2.45, 2.75) is 0 Å². The summed E-state index contributed by atoms with van der Waals surface area (Å²) < 4.78 is 0.536. The van der Waals surface area contributed by atoms with Crippen molar-refractivity contribution in [3.63, 3.8) is 0 Å². The van der Waals surface area contributed by atoms with Crippen LogP contribution in [0.15, 0.2) is 28.9 Å². The van der Waals surface area contributed by atoms with Gasteiger partial charge in [0.2, 0.25) is 5.91 Å². The van der Waals surface area contributed by atoms with Gasteiger partial charge in [0.25, 0.3) is 0 Å². The van der Waals surface area contributed by atoms with Crippen LogP contribution >= 0.6 is 27.5 Å². The molecule has 7 heteroatoms. The largest absolute Gasteiger partial charge is 0.478 e. The van der Waals surface area contributed by atoms with E-state index in [-0.39, 0.29) is 5.15 Å². The number of hydrogen-bond donors (Lipinski definition) is 2. The van der Waals surface area contributed by atoms with E-state index in [9.17, 15) is 9.59 Å². The van der Waals surface area contributed by atoms with Gasteiger partial charge in [-0.05, 0) is 22.0 Å². The summed E-state index contributed by atoms with van der Waals surface area (Å²) in [6.07, 6.45) is 3.01. The molecule has 2 N–H and O–H groups in total. The van der Waals surface area contributed by atoms with E-state index < -0.39 is 11.9 Å². The normalized spacial score (nSPS) is 10.4. The topological polar surface area (TPSA) is 79.3 Å². The fourth-order valence-corrected chi connectivity index (χ4v) is 1.27. The second kappa shape index (κ2) is 5.62. The first kappa shape index (κ1) is 12.7. The molecule has 1 heterocycles. The van der Waals surface area contributed by atoms with Crippen LogP contribution in [0.5, 0.6) is 0 Å². The van der Waals surface area contributed by atoms with Gasteiger partial charge in [-0.1, -0.05) is 11.6 Å². The number of anilines is 1. The molecule has 1 rings (SSSR count). The molecule has 0 atom stereocenters. The zero-order valence-corrected chi connectivity index (χ0v) is 10.1. The molecule has 1 aromatic heterocycles. The van der Waals surface area contributed by atoms with Gasteiger partial charge in [-0.25, -0.2) is 9.78 Å². The third-order valence-electron chi connectivity index (χ3n) is 1.44. The highest BCUT2D eigenvalue weighted by molar-refractivity contribution is 9.10. The minimum absolute atomic E-state index is 0.277. The number of nitrogens with zero attached hydrogens (tertiary/aromatic N) is 1. The van der Waals surface area contributed by atoms with Crippen molar-refractivity contribution in [3.8, 4) is 0 Å². The van der Waals surface area contributed by atoms with E-state index in [1.165, 1.54) is 6.20 Å². The molecular weight excluding hydrogens is 299 g/mol. The lowest BCUT2D eigenvalue weighted by Crippen LogP contribution is -2.08. The van der Waals surface area contributed by atoms with Crippen molar-refractivity contribution in [1.29, 1.82) is 0 Å². The van der Waals surface area contributed by atoms with Crippen molar-refractivity contribution in [3.05, 3.63) is 34.0 Å². The Balaban J connectivity index is 2.70. The lowest BCUT2D eigenvalue weighted by molar-refractivity contribution is -0.131. The van der Waals surface area contributed by atoms with Gasteiger partial charge in [0.15, 0.2) is 0 Å². The lowest BCUT2D eigenvalue weighted by Gasteiger charge is -2.02. The zero-order chi connectivity index (χ0) is 12.1. The number of aliphatic carboxylic acids is 1. The second-order valence-corrected chi connectivity index (χ2v) is 3.87. The number of hydrogen-bond acceptors (Lipinski definition) is 3. The van der Waals surface area contributed by atoms with Gasteiger partial charge in [0, 0.05) is 12.2 Å². The van der Waals surface area contributed by atoms with Crippen molar-refractivity contribution in [2.24, 2.45) is 0 Å². The summed E-state index contributed by atoms with van der Waals surface area (Å²) in [5.41, 5.74) is 0.413. The van der Waals surface area contributed by atoms with Crippen LogP contribution in [-0.2, 0) is 9.59 Å². The average Bonchev–Trinajstić information content (AvgIpc) is 2.21. The van der Waals surface area contributed by atoms with E-state index in [1.807, 2.05) is 0 Å². The highest BCUT2D eigenvalue weighted by atomic mass is 79.9. The summed E-state index contributed by atoms with van der Waals surface area (Å²) in [5.74, 6) is -1.75. The molecule has 1 aromatic rings. The number of carboxylic acid groups (broad SMARTS) is 1. The van der Waals surface area contributed by atoms with E-state index in [1.54, 1.807) is 6.07 Å². The SMILES string of the molecule is O=C(O)/C=C/C(=O)Nc1cnc(Cl)c(Br)c1. The number of pyridine rings is 1. The van der Waals surface area contributed by atoms with Crippen LogP contribution < -0.4 is 5.32 Å². The molecular formula is C9H6BrClN2O3. The number of carbonyl (C=O) groups excluding carboxylic acids is 1. The number of carbonyl (C=O) groups is 2. The predicted octanol–water partition coefficient (Wildman–Crippen LogP) is 2.08. The molecule has 0 aliphatic heterocycles. The summed E-state index contributed by atoms with van der Waals surface area (Å²) in [7, 11) is 0. The molecule has 0 saturated carbocycles. The molecule has 1 amide bonds. The van der Waals surface area contributed by atoms with Crippen LogP contribution in [0.25, 0.3) is 0 Å². The first-order valence-corrected chi connectivity index (χ1v) is 5.19. The van der Waals surface area contributed by atoms with Crippen LogP contribution in [0.4, 0.5) is 5.69 Å². The van der Waals surface area contributed by atoms with Gasteiger partial charge in [-0.3, -0.25) is 4.79 Å². The van der Waals surface area contributed by atoms with Gasteiger partial charge in [0.1, 0.15) is 5.15 Å². The fourth-order valence-electron chi connectivity index (χ4n) is 0.820. The van der Waals surface area contributed by atoms with Gasteiger partial charge < -0.3 is 10.4 Å².